The quantitative estimate of drug-likeness (QED) is 0.346. The summed E-state index contributed by atoms with van der Waals surface area (Å²) < 4.78 is 92.1. The highest BCUT2D eigenvalue weighted by atomic mass is 19.4. The number of halogens is 6. The summed E-state index contributed by atoms with van der Waals surface area (Å²) in [4.78, 5) is 1.74. The van der Waals surface area contributed by atoms with Crippen LogP contribution in [-0.4, -0.2) is 56.1 Å². The van der Waals surface area contributed by atoms with Gasteiger partial charge in [0, 0.05) is 32.2 Å². The van der Waals surface area contributed by atoms with Crippen LogP contribution < -0.4 is 15.0 Å². The third-order valence-electron chi connectivity index (χ3n) is 6.74. The molecule has 204 valence electrons. The molecule has 0 aromatic heterocycles. The molecular weight excluding hydrogens is 508 g/mol. The summed E-state index contributed by atoms with van der Waals surface area (Å²) in [6, 6.07) is 18.1. The lowest BCUT2D eigenvalue weighted by atomic mass is 9.97. The molecule has 0 bridgehead atoms. The second-order valence-electron chi connectivity index (χ2n) is 9.19. The fourth-order valence-electron chi connectivity index (χ4n) is 4.95. The van der Waals surface area contributed by atoms with Crippen LogP contribution in [0.25, 0.3) is 0 Å². The molecule has 0 aliphatic carbocycles. The van der Waals surface area contributed by atoms with Crippen LogP contribution in [0.2, 0.25) is 0 Å². The van der Waals surface area contributed by atoms with Crippen molar-refractivity contribution in [3.05, 3.63) is 96.1 Å². The Morgan fingerprint density at radius 2 is 1.32 bits per heavy atom. The standard InChI is InChI=1S/C28H29F6N3O/c1-38-24-15-9-8-14-22(24)37-25(27(29,30)31)18-36(19-26(37)28(32,33)34)23(21-12-6-3-7-13-21)17-35-16-20-10-4-2-5-11-20/h2-15,23,25-26,35H,16-19H2,1H3. The Bertz CT molecular complexity index is 1130. The van der Waals surface area contributed by atoms with Crippen LogP contribution in [0.1, 0.15) is 17.2 Å². The maximum absolute atomic E-state index is 14.5. The van der Waals surface area contributed by atoms with E-state index < -0.39 is 43.6 Å². The zero-order valence-corrected chi connectivity index (χ0v) is 20.7. The van der Waals surface area contributed by atoms with E-state index in [9.17, 15) is 26.3 Å². The van der Waals surface area contributed by atoms with E-state index >= 15 is 0 Å². The van der Waals surface area contributed by atoms with E-state index in [1.54, 1.807) is 30.3 Å². The van der Waals surface area contributed by atoms with Crippen molar-refractivity contribution in [1.29, 1.82) is 0 Å². The average molecular weight is 538 g/mol. The van der Waals surface area contributed by atoms with E-state index in [1.165, 1.54) is 36.3 Å². The normalized spacial score (nSPS) is 19.8. The van der Waals surface area contributed by atoms with Crippen molar-refractivity contribution in [3.8, 4) is 5.75 Å². The Kier molecular flexibility index (Phi) is 8.52. The van der Waals surface area contributed by atoms with E-state index in [2.05, 4.69) is 5.32 Å². The number of benzene rings is 3. The molecule has 3 atom stereocenters. The monoisotopic (exact) mass is 537 g/mol. The Labute approximate surface area is 217 Å². The van der Waals surface area contributed by atoms with Gasteiger partial charge in [-0.3, -0.25) is 4.90 Å². The molecule has 0 radical (unpaired) electrons. The van der Waals surface area contributed by atoms with Gasteiger partial charge in [0.25, 0.3) is 0 Å². The summed E-state index contributed by atoms with van der Waals surface area (Å²) >= 11 is 0. The molecule has 0 spiro atoms. The number of nitrogens with zero attached hydrogens (tertiary/aromatic N) is 2. The highest BCUT2D eigenvalue weighted by Gasteiger charge is 2.57. The maximum atomic E-state index is 14.5. The fourth-order valence-corrected chi connectivity index (χ4v) is 4.95. The Balaban J connectivity index is 1.71. The number of anilines is 1. The van der Waals surface area contributed by atoms with Crippen molar-refractivity contribution >= 4 is 5.69 Å². The molecule has 4 rings (SSSR count). The molecule has 1 aliphatic rings. The van der Waals surface area contributed by atoms with E-state index in [1.807, 2.05) is 30.3 Å². The van der Waals surface area contributed by atoms with Crippen LogP contribution in [0, 0.1) is 0 Å². The van der Waals surface area contributed by atoms with Gasteiger partial charge in [-0.25, -0.2) is 0 Å². The number of nitrogens with one attached hydrogen (secondary N) is 1. The van der Waals surface area contributed by atoms with Gasteiger partial charge in [0.15, 0.2) is 0 Å². The van der Waals surface area contributed by atoms with Crippen LogP contribution in [0.15, 0.2) is 84.9 Å². The zero-order chi connectivity index (χ0) is 27.3. The minimum Gasteiger partial charge on any atom is -0.495 e. The van der Waals surface area contributed by atoms with Crippen molar-refractivity contribution in [2.24, 2.45) is 0 Å². The molecule has 3 aromatic rings. The number of ether oxygens (including phenoxy) is 1. The summed E-state index contributed by atoms with van der Waals surface area (Å²) in [5.41, 5.74) is 1.36. The third-order valence-corrected chi connectivity index (χ3v) is 6.74. The van der Waals surface area contributed by atoms with Crippen LogP contribution >= 0.6 is 0 Å². The SMILES string of the molecule is COc1ccccc1N1C(C(F)(F)F)CN(C(CNCc2ccccc2)c2ccccc2)CC1C(F)(F)F. The number of methoxy groups -OCH3 is 1. The summed E-state index contributed by atoms with van der Waals surface area (Å²) in [6.45, 7) is -0.680. The topological polar surface area (TPSA) is 27.7 Å². The highest BCUT2D eigenvalue weighted by molar-refractivity contribution is 5.61. The van der Waals surface area contributed by atoms with E-state index in [-0.39, 0.29) is 18.0 Å². The van der Waals surface area contributed by atoms with Crippen LogP contribution in [0.5, 0.6) is 5.75 Å². The van der Waals surface area contributed by atoms with Crippen LogP contribution in [-0.2, 0) is 6.54 Å². The predicted octanol–water partition coefficient (Wildman–Crippen LogP) is 6.21. The second kappa shape index (κ2) is 11.7. The molecule has 1 aliphatic heterocycles. The number of hydrogen-bond donors (Lipinski definition) is 1. The van der Waals surface area contributed by atoms with E-state index in [0.29, 0.717) is 17.0 Å². The first-order valence-corrected chi connectivity index (χ1v) is 12.2. The molecule has 3 unspecified atom stereocenters. The van der Waals surface area contributed by atoms with Gasteiger partial charge in [-0.05, 0) is 23.3 Å². The van der Waals surface area contributed by atoms with Gasteiger partial charge in [-0.2, -0.15) is 26.3 Å². The number of rotatable bonds is 8. The van der Waals surface area contributed by atoms with Gasteiger partial charge in [-0.15, -0.1) is 0 Å². The molecule has 4 nitrogen and oxygen atoms in total. The molecule has 1 saturated heterocycles. The Hall–Kier alpha value is -3.24. The van der Waals surface area contributed by atoms with Crippen LogP contribution in [0.3, 0.4) is 0 Å². The van der Waals surface area contributed by atoms with Gasteiger partial charge in [0.1, 0.15) is 17.8 Å². The molecular formula is C28H29F6N3O. The molecule has 1 fully saturated rings. The van der Waals surface area contributed by atoms with Crippen molar-refractivity contribution in [1.82, 2.24) is 10.2 Å². The van der Waals surface area contributed by atoms with Crippen molar-refractivity contribution < 1.29 is 31.1 Å². The smallest absolute Gasteiger partial charge is 0.410 e. The Morgan fingerprint density at radius 1 is 0.789 bits per heavy atom. The van der Waals surface area contributed by atoms with Gasteiger partial charge >= 0.3 is 12.4 Å². The van der Waals surface area contributed by atoms with E-state index in [4.69, 9.17) is 4.74 Å². The Morgan fingerprint density at radius 3 is 1.87 bits per heavy atom. The summed E-state index contributed by atoms with van der Waals surface area (Å²) in [6.07, 6.45) is -9.86. The first kappa shape index (κ1) is 27.8. The number of piperazine rings is 1. The second-order valence-corrected chi connectivity index (χ2v) is 9.19. The highest BCUT2D eigenvalue weighted by Crippen LogP contribution is 2.44. The maximum Gasteiger partial charge on any atom is 0.410 e. The molecule has 38 heavy (non-hydrogen) atoms. The summed E-state index contributed by atoms with van der Waals surface area (Å²) in [5, 5.41) is 3.23. The predicted molar refractivity (Wildman–Crippen MR) is 134 cm³/mol. The summed E-state index contributed by atoms with van der Waals surface area (Å²) in [7, 11) is 1.23. The number of alkyl halides is 6. The third kappa shape index (κ3) is 6.42. The lowest BCUT2D eigenvalue weighted by Gasteiger charge is -2.50. The first-order chi connectivity index (χ1) is 18.1. The molecule has 10 heteroatoms. The molecule has 1 N–H and O–H groups in total. The fraction of sp³-hybridized carbons (Fsp3) is 0.357. The number of hydrogen-bond acceptors (Lipinski definition) is 4. The van der Waals surface area contributed by atoms with Gasteiger partial charge in [-0.1, -0.05) is 72.8 Å². The zero-order valence-electron chi connectivity index (χ0n) is 20.7. The van der Waals surface area contributed by atoms with Gasteiger partial charge < -0.3 is 15.0 Å². The minimum atomic E-state index is -4.93. The lowest BCUT2D eigenvalue weighted by molar-refractivity contribution is -0.193. The summed E-state index contributed by atoms with van der Waals surface area (Å²) in [5.74, 6) is -0.0476. The first-order valence-electron chi connectivity index (χ1n) is 12.2. The molecule has 3 aromatic carbocycles. The van der Waals surface area contributed by atoms with Gasteiger partial charge in [0.2, 0.25) is 0 Å². The largest absolute Gasteiger partial charge is 0.495 e. The molecule has 0 amide bonds. The minimum absolute atomic E-state index is 0.0476. The molecule has 1 heterocycles. The van der Waals surface area contributed by atoms with E-state index in [0.717, 1.165) is 5.56 Å². The number of para-hydroxylation sites is 2. The molecule has 0 saturated carbocycles. The average Bonchev–Trinajstić information content (AvgIpc) is 2.90. The van der Waals surface area contributed by atoms with Crippen molar-refractivity contribution in [3.63, 3.8) is 0 Å². The van der Waals surface area contributed by atoms with Gasteiger partial charge in [0.05, 0.1) is 12.8 Å². The van der Waals surface area contributed by atoms with Crippen molar-refractivity contribution in [2.45, 2.75) is 37.0 Å². The van der Waals surface area contributed by atoms with Crippen molar-refractivity contribution in [2.75, 3.05) is 31.6 Å². The van der Waals surface area contributed by atoms with Crippen LogP contribution in [0.4, 0.5) is 32.0 Å². The lowest BCUT2D eigenvalue weighted by Crippen LogP contribution is -2.68.